The zero-order valence-electron chi connectivity index (χ0n) is 11.5. The highest BCUT2D eigenvalue weighted by Crippen LogP contribution is 2.16. The number of anilines is 1. The summed E-state index contributed by atoms with van der Waals surface area (Å²) in [5, 5.41) is 8.84. The molecule has 0 fully saturated rings. The summed E-state index contributed by atoms with van der Waals surface area (Å²) >= 11 is 0. The van der Waals surface area contributed by atoms with Crippen LogP contribution in [-0.4, -0.2) is 24.7 Å². The van der Waals surface area contributed by atoms with Crippen LogP contribution in [0.2, 0.25) is 0 Å². The van der Waals surface area contributed by atoms with Gasteiger partial charge in [-0.1, -0.05) is 32.4 Å². The van der Waals surface area contributed by atoms with Gasteiger partial charge >= 0.3 is 5.97 Å². The van der Waals surface area contributed by atoms with Gasteiger partial charge in [0.15, 0.2) is 0 Å². The molecule has 1 atom stereocenters. The Labute approximate surface area is 109 Å². The molecule has 0 aliphatic rings. The highest BCUT2D eigenvalue weighted by molar-refractivity contribution is 5.69. The molecule has 0 aliphatic heterocycles. The van der Waals surface area contributed by atoms with Crippen molar-refractivity contribution in [3.05, 3.63) is 29.8 Å². The molecule has 3 heteroatoms. The molecule has 1 unspecified atom stereocenters. The van der Waals surface area contributed by atoms with Gasteiger partial charge in [0.2, 0.25) is 0 Å². The van der Waals surface area contributed by atoms with Gasteiger partial charge in [0.05, 0.1) is 5.92 Å². The van der Waals surface area contributed by atoms with Gasteiger partial charge in [0.25, 0.3) is 0 Å². The van der Waals surface area contributed by atoms with Crippen molar-refractivity contribution in [2.45, 2.75) is 33.1 Å². The lowest BCUT2D eigenvalue weighted by Crippen LogP contribution is -2.22. The molecule has 100 valence electrons. The highest BCUT2D eigenvalue weighted by Gasteiger charge is 2.11. The maximum atomic E-state index is 10.7. The Morgan fingerprint density at radius 3 is 2.44 bits per heavy atom. The number of rotatable bonds is 7. The lowest BCUT2D eigenvalue weighted by atomic mass is 10.1. The molecule has 0 saturated carbocycles. The number of benzene rings is 1. The third kappa shape index (κ3) is 4.40. The van der Waals surface area contributed by atoms with Crippen molar-refractivity contribution < 1.29 is 9.90 Å². The summed E-state index contributed by atoms with van der Waals surface area (Å²) in [5.74, 6) is -1.01. The molecule has 0 aromatic heterocycles. The van der Waals surface area contributed by atoms with Crippen molar-refractivity contribution >= 4 is 11.7 Å². The Balaban J connectivity index is 2.50. The van der Waals surface area contributed by atoms with Crippen LogP contribution in [0.3, 0.4) is 0 Å². The Morgan fingerprint density at radius 2 is 1.94 bits per heavy atom. The first-order chi connectivity index (χ1) is 8.54. The van der Waals surface area contributed by atoms with Gasteiger partial charge in [-0.25, -0.2) is 0 Å². The Kier molecular flexibility index (Phi) is 5.69. The van der Waals surface area contributed by atoms with E-state index in [9.17, 15) is 4.79 Å². The van der Waals surface area contributed by atoms with Crippen LogP contribution < -0.4 is 4.90 Å². The minimum atomic E-state index is -0.721. The fourth-order valence-electron chi connectivity index (χ4n) is 1.85. The molecule has 1 aromatic rings. The number of carboxylic acid groups (broad SMARTS) is 1. The van der Waals surface area contributed by atoms with E-state index in [4.69, 9.17) is 5.11 Å². The molecule has 1 rings (SSSR count). The zero-order chi connectivity index (χ0) is 13.5. The lowest BCUT2D eigenvalue weighted by Gasteiger charge is -2.20. The van der Waals surface area contributed by atoms with E-state index in [0.717, 1.165) is 25.1 Å². The first kappa shape index (κ1) is 14.6. The summed E-state index contributed by atoms with van der Waals surface area (Å²) in [5.41, 5.74) is 2.50. The number of carboxylic acids is 1. The predicted octanol–water partition coefficient (Wildman–Crippen LogP) is 3.19. The number of aliphatic carboxylic acids is 1. The molecule has 0 radical (unpaired) electrons. The maximum Gasteiger partial charge on any atom is 0.306 e. The minimum Gasteiger partial charge on any atom is -0.481 e. The van der Waals surface area contributed by atoms with Crippen LogP contribution in [0.5, 0.6) is 0 Å². The second kappa shape index (κ2) is 7.04. The predicted molar refractivity (Wildman–Crippen MR) is 75.1 cm³/mol. The Hall–Kier alpha value is -1.51. The molecule has 0 saturated heterocycles. The smallest absolute Gasteiger partial charge is 0.306 e. The first-order valence-electron chi connectivity index (χ1n) is 6.57. The fraction of sp³-hybridized carbons (Fsp3) is 0.533. The quantitative estimate of drug-likeness (QED) is 0.806. The first-order valence-corrected chi connectivity index (χ1v) is 6.57. The van der Waals surface area contributed by atoms with Crippen LogP contribution in [0.4, 0.5) is 5.69 Å². The van der Waals surface area contributed by atoms with E-state index in [1.54, 1.807) is 6.92 Å². The van der Waals surface area contributed by atoms with Gasteiger partial charge in [0.1, 0.15) is 0 Å². The van der Waals surface area contributed by atoms with E-state index in [2.05, 4.69) is 36.1 Å². The SMILES string of the molecule is CCCc1ccc(N(C)CCC(C)C(=O)O)cc1. The van der Waals surface area contributed by atoms with Crippen LogP contribution in [0.15, 0.2) is 24.3 Å². The van der Waals surface area contributed by atoms with Crippen molar-refractivity contribution in [3.8, 4) is 0 Å². The van der Waals surface area contributed by atoms with Crippen molar-refractivity contribution in [2.24, 2.45) is 5.92 Å². The van der Waals surface area contributed by atoms with E-state index in [1.807, 2.05) is 7.05 Å². The van der Waals surface area contributed by atoms with Gasteiger partial charge in [-0.05, 0) is 30.5 Å². The van der Waals surface area contributed by atoms with Crippen LogP contribution >= 0.6 is 0 Å². The maximum absolute atomic E-state index is 10.7. The average molecular weight is 249 g/mol. The number of aryl methyl sites for hydroxylation is 1. The summed E-state index contributed by atoms with van der Waals surface area (Å²) in [7, 11) is 2.00. The van der Waals surface area contributed by atoms with Gasteiger partial charge in [-0.3, -0.25) is 4.79 Å². The summed E-state index contributed by atoms with van der Waals surface area (Å²) in [6, 6.07) is 8.51. The molecule has 1 aromatic carbocycles. The average Bonchev–Trinajstić information content (AvgIpc) is 2.36. The molecule has 1 N–H and O–H groups in total. The molecule has 0 amide bonds. The van der Waals surface area contributed by atoms with Crippen LogP contribution in [0.25, 0.3) is 0 Å². The van der Waals surface area contributed by atoms with Crippen molar-refractivity contribution in [1.82, 2.24) is 0 Å². The van der Waals surface area contributed by atoms with Crippen LogP contribution in [0, 0.1) is 5.92 Å². The van der Waals surface area contributed by atoms with Crippen molar-refractivity contribution in [3.63, 3.8) is 0 Å². The minimum absolute atomic E-state index is 0.285. The standard InChI is InChI=1S/C15H23NO2/c1-4-5-13-6-8-14(9-7-13)16(3)11-10-12(2)15(17)18/h6-9,12H,4-5,10-11H2,1-3H3,(H,17,18). The topological polar surface area (TPSA) is 40.5 Å². The van der Waals surface area contributed by atoms with E-state index in [-0.39, 0.29) is 5.92 Å². The number of hydrogen-bond donors (Lipinski definition) is 1. The molecule has 0 bridgehead atoms. The summed E-state index contributed by atoms with van der Waals surface area (Å²) in [6.07, 6.45) is 2.94. The third-order valence-corrected chi connectivity index (χ3v) is 3.23. The molecule has 18 heavy (non-hydrogen) atoms. The summed E-state index contributed by atoms with van der Waals surface area (Å²) in [6.45, 7) is 4.69. The van der Waals surface area contributed by atoms with Gasteiger partial charge in [0, 0.05) is 19.3 Å². The second-order valence-corrected chi connectivity index (χ2v) is 4.87. The fourth-order valence-corrected chi connectivity index (χ4v) is 1.85. The third-order valence-electron chi connectivity index (χ3n) is 3.23. The van der Waals surface area contributed by atoms with Gasteiger partial charge in [-0.2, -0.15) is 0 Å². The van der Waals surface area contributed by atoms with Crippen molar-refractivity contribution in [2.75, 3.05) is 18.5 Å². The summed E-state index contributed by atoms with van der Waals surface area (Å²) in [4.78, 5) is 12.9. The van der Waals surface area contributed by atoms with E-state index < -0.39 is 5.97 Å². The van der Waals surface area contributed by atoms with Crippen molar-refractivity contribution in [1.29, 1.82) is 0 Å². The number of carbonyl (C=O) groups is 1. The molecule has 0 aliphatic carbocycles. The van der Waals surface area contributed by atoms with Crippen LogP contribution in [-0.2, 0) is 11.2 Å². The molecular formula is C15H23NO2. The Morgan fingerprint density at radius 1 is 1.33 bits per heavy atom. The summed E-state index contributed by atoms with van der Waals surface area (Å²) < 4.78 is 0. The normalized spacial score (nSPS) is 12.2. The lowest BCUT2D eigenvalue weighted by molar-refractivity contribution is -0.141. The zero-order valence-corrected chi connectivity index (χ0v) is 11.5. The van der Waals surface area contributed by atoms with E-state index >= 15 is 0 Å². The number of nitrogens with zero attached hydrogens (tertiary/aromatic N) is 1. The Bertz CT molecular complexity index is 373. The van der Waals surface area contributed by atoms with Gasteiger partial charge < -0.3 is 10.0 Å². The number of hydrogen-bond acceptors (Lipinski definition) is 2. The van der Waals surface area contributed by atoms with Crippen LogP contribution in [0.1, 0.15) is 32.3 Å². The molecule has 0 spiro atoms. The second-order valence-electron chi connectivity index (χ2n) is 4.87. The van der Waals surface area contributed by atoms with E-state index in [1.165, 1.54) is 5.56 Å². The highest BCUT2D eigenvalue weighted by atomic mass is 16.4. The largest absolute Gasteiger partial charge is 0.481 e. The van der Waals surface area contributed by atoms with Gasteiger partial charge in [-0.15, -0.1) is 0 Å². The molecule has 0 heterocycles. The monoisotopic (exact) mass is 249 g/mol. The molecular weight excluding hydrogens is 226 g/mol. The van der Waals surface area contributed by atoms with E-state index in [0.29, 0.717) is 6.42 Å². The molecule has 3 nitrogen and oxygen atoms in total.